The fourth-order valence-electron chi connectivity index (χ4n) is 0.229. The molecule has 0 radical (unpaired) electrons. The molecule has 6 heteroatoms. The van der Waals surface area contributed by atoms with Crippen LogP contribution in [0.25, 0.3) is 0 Å². The van der Waals surface area contributed by atoms with Crippen LogP contribution in [0.3, 0.4) is 0 Å². The normalized spacial score (nSPS) is 13.1. The van der Waals surface area contributed by atoms with Crippen LogP contribution in [-0.4, -0.2) is 28.8 Å². The molecule has 0 amide bonds. The lowest BCUT2D eigenvalue weighted by molar-refractivity contribution is -0.139. The van der Waals surface area contributed by atoms with Gasteiger partial charge < -0.3 is 10.2 Å². The molecule has 9 heavy (non-hydrogen) atoms. The van der Waals surface area contributed by atoms with Gasteiger partial charge in [-0.2, -0.15) is 0 Å². The number of thiol groups is 1. The van der Waals surface area contributed by atoms with E-state index >= 15 is 0 Å². The molecule has 0 bridgehead atoms. The van der Waals surface area contributed by atoms with Gasteiger partial charge in [0.25, 0.3) is 0 Å². The Labute approximate surface area is 61.6 Å². The van der Waals surface area contributed by atoms with Gasteiger partial charge in [0.05, 0.1) is 6.61 Å². The quantitative estimate of drug-likeness (QED) is 0.260. The van der Waals surface area contributed by atoms with Crippen molar-refractivity contribution in [2.45, 2.75) is 6.04 Å². The van der Waals surface area contributed by atoms with E-state index in [1.54, 1.807) is 0 Å². The highest BCUT2D eigenvalue weighted by atomic mass is 33.1. The number of rotatable bonds is 4. The Kier molecular flexibility index (Phi) is 4.97. The number of nitrogens with one attached hydrogen (secondary N) is 1. The summed E-state index contributed by atoms with van der Waals surface area (Å²) in [6, 6.07) is -0.924. The summed E-state index contributed by atoms with van der Waals surface area (Å²) >= 11 is 3.64. The molecule has 0 aromatic carbocycles. The summed E-state index contributed by atoms with van der Waals surface area (Å²) in [4.78, 5) is 10.1. The number of aliphatic hydroxyl groups is 1. The fourth-order valence-corrected chi connectivity index (χ4v) is 0.914. The van der Waals surface area contributed by atoms with Crippen molar-refractivity contribution >= 4 is 28.6 Å². The van der Waals surface area contributed by atoms with Gasteiger partial charge in [0, 0.05) is 0 Å². The average molecular weight is 169 g/mol. The van der Waals surface area contributed by atoms with Crippen LogP contribution in [0.4, 0.5) is 0 Å². The summed E-state index contributed by atoms with van der Waals surface area (Å²) in [6.45, 7) is -0.428. The molecule has 0 spiro atoms. The van der Waals surface area contributed by atoms with Crippen molar-refractivity contribution in [3.8, 4) is 0 Å². The maximum atomic E-state index is 10.1. The second-order valence-corrected chi connectivity index (χ2v) is 2.25. The smallest absolute Gasteiger partial charge is 0.323 e. The molecule has 0 saturated heterocycles. The Morgan fingerprint density at radius 1 is 1.89 bits per heavy atom. The van der Waals surface area contributed by atoms with Crippen molar-refractivity contribution < 1.29 is 15.0 Å². The lowest BCUT2D eigenvalue weighted by Crippen LogP contribution is -2.34. The molecular weight excluding hydrogens is 162 g/mol. The van der Waals surface area contributed by atoms with Crippen molar-refractivity contribution in [1.29, 1.82) is 0 Å². The number of carboxylic acids is 1. The molecule has 0 fully saturated rings. The van der Waals surface area contributed by atoms with Gasteiger partial charge in [0.1, 0.15) is 6.04 Å². The highest BCUT2D eigenvalue weighted by Gasteiger charge is 2.13. The summed E-state index contributed by atoms with van der Waals surface area (Å²) in [7, 11) is 0.866. The minimum absolute atomic E-state index is 0.428. The molecule has 3 N–H and O–H groups in total. The highest BCUT2D eigenvalue weighted by Crippen LogP contribution is 1.99. The van der Waals surface area contributed by atoms with E-state index in [1.807, 2.05) is 0 Å². The van der Waals surface area contributed by atoms with Crippen LogP contribution in [0.5, 0.6) is 0 Å². The molecule has 0 unspecified atom stereocenters. The molecular formula is C3H7NO3S2. The van der Waals surface area contributed by atoms with Gasteiger partial charge in [0.15, 0.2) is 0 Å². The molecule has 4 nitrogen and oxygen atoms in total. The average Bonchev–Trinajstić information content (AvgIpc) is 1.82. The van der Waals surface area contributed by atoms with E-state index in [9.17, 15) is 4.79 Å². The van der Waals surface area contributed by atoms with Crippen molar-refractivity contribution in [3.63, 3.8) is 0 Å². The lowest BCUT2D eigenvalue weighted by atomic mass is 10.3. The Balaban J connectivity index is 3.54. The van der Waals surface area contributed by atoms with Crippen molar-refractivity contribution in [2.24, 2.45) is 0 Å². The Morgan fingerprint density at radius 2 is 2.44 bits per heavy atom. The van der Waals surface area contributed by atoms with Gasteiger partial charge in [-0.25, -0.2) is 4.72 Å². The van der Waals surface area contributed by atoms with E-state index in [-0.39, 0.29) is 0 Å². The van der Waals surface area contributed by atoms with Crippen LogP contribution in [0.15, 0.2) is 0 Å². The van der Waals surface area contributed by atoms with Gasteiger partial charge >= 0.3 is 5.97 Å². The molecule has 0 aliphatic carbocycles. The Morgan fingerprint density at radius 3 is 2.56 bits per heavy atom. The van der Waals surface area contributed by atoms with Gasteiger partial charge in [0.2, 0.25) is 0 Å². The zero-order valence-corrected chi connectivity index (χ0v) is 6.15. The summed E-state index contributed by atoms with van der Waals surface area (Å²) in [6.07, 6.45) is 0. The van der Waals surface area contributed by atoms with E-state index < -0.39 is 18.6 Å². The largest absolute Gasteiger partial charge is 0.480 e. The van der Waals surface area contributed by atoms with E-state index in [0.717, 1.165) is 11.0 Å². The van der Waals surface area contributed by atoms with Gasteiger partial charge in [-0.05, 0) is 11.0 Å². The number of hydrogen-bond acceptors (Lipinski definition) is 5. The molecule has 0 aromatic heterocycles. The molecule has 0 aliphatic heterocycles. The fraction of sp³-hybridized carbons (Fsp3) is 0.667. The first-order chi connectivity index (χ1) is 4.22. The third-order valence-electron chi connectivity index (χ3n) is 0.676. The first-order valence-corrected chi connectivity index (χ1v) is 3.99. The van der Waals surface area contributed by atoms with E-state index in [2.05, 4.69) is 16.4 Å². The SMILES string of the molecule is O=C(O)[C@H](CO)NSS. The Bertz CT molecular complexity index is 99.1. The van der Waals surface area contributed by atoms with Crippen LogP contribution in [0, 0.1) is 0 Å². The zero-order valence-electron chi connectivity index (χ0n) is 4.44. The molecule has 0 aliphatic rings. The molecule has 1 atom stereocenters. The summed E-state index contributed by atoms with van der Waals surface area (Å²) in [5.74, 6) is -1.08. The monoisotopic (exact) mass is 169 g/mol. The van der Waals surface area contributed by atoms with Crippen molar-refractivity contribution in [3.05, 3.63) is 0 Å². The second kappa shape index (κ2) is 4.92. The minimum Gasteiger partial charge on any atom is -0.480 e. The van der Waals surface area contributed by atoms with Crippen LogP contribution in [0.1, 0.15) is 0 Å². The number of hydrogen-bond donors (Lipinski definition) is 4. The number of aliphatic carboxylic acids is 1. The van der Waals surface area contributed by atoms with E-state index in [0.29, 0.717) is 0 Å². The van der Waals surface area contributed by atoms with Crippen LogP contribution >= 0.6 is 22.6 Å². The van der Waals surface area contributed by atoms with Gasteiger partial charge in [-0.3, -0.25) is 4.79 Å². The third kappa shape index (κ3) is 3.63. The van der Waals surface area contributed by atoms with Crippen LogP contribution in [0.2, 0.25) is 0 Å². The van der Waals surface area contributed by atoms with Gasteiger partial charge in [-0.15, -0.1) is 0 Å². The number of carbonyl (C=O) groups is 1. The molecule has 0 heterocycles. The number of aliphatic hydroxyl groups excluding tert-OH is 1. The third-order valence-corrected chi connectivity index (χ3v) is 1.38. The topological polar surface area (TPSA) is 69.6 Å². The predicted octanol–water partition coefficient (Wildman–Crippen LogP) is -0.485. The minimum atomic E-state index is -1.08. The standard InChI is InChI=1S/C3H7NO3S2/c5-1-2(3(6)7)4-9-8/h2,4-5,8H,1H2,(H,6,7)/t2-/m0/s1. The van der Waals surface area contributed by atoms with E-state index in [1.165, 1.54) is 0 Å². The van der Waals surface area contributed by atoms with Gasteiger partial charge in [-0.1, -0.05) is 11.7 Å². The summed E-state index contributed by atoms with van der Waals surface area (Å²) in [5.41, 5.74) is 0. The van der Waals surface area contributed by atoms with Crippen LogP contribution in [-0.2, 0) is 4.79 Å². The second-order valence-electron chi connectivity index (χ2n) is 1.28. The molecule has 0 saturated carbocycles. The Hall–Kier alpha value is 0.0900. The maximum Gasteiger partial charge on any atom is 0.323 e. The predicted molar refractivity (Wildman–Crippen MR) is 38.2 cm³/mol. The summed E-state index contributed by atoms with van der Waals surface area (Å²) in [5, 5.41) is 16.6. The summed E-state index contributed by atoms with van der Waals surface area (Å²) < 4.78 is 2.36. The molecule has 0 rings (SSSR count). The van der Waals surface area contributed by atoms with Crippen LogP contribution < -0.4 is 4.72 Å². The molecule has 54 valence electrons. The maximum absolute atomic E-state index is 10.1. The molecule has 0 aromatic rings. The van der Waals surface area contributed by atoms with E-state index in [4.69, 9.17) is 10.2 Å². The zero-order chi connectivity index (χ0) is 7.28. The van der Waals surface area contributed by atoms with Crippen molar-refractivity contribution in [2.75, 3.05) is 6.61 Å². The number of carboxylic acid groups (broad SMARTS) is 1. The first kappa shape index (κ1) is 9.09. The highest BCUT2D eigenvalue weighted by molar-refractivity contribution is 8.67. The van der Waals surface area contributed by atoms with Crippen molar-refractivity contribution in [1.82, 2.24) is 4.72 Å². The lowest BCUT2D eigenvalue weighted by Gasteiger charge is -2.06. The first-order valence-electron chi connectivity index (χ1n) is 2.12.